The van der Waals surface area contributed by atoms with Crippen LogP contribution < -0.4 is 0 Å². The van der Waals surface area contributed by atoms with Crippen LogP contribution in [0.15, 0.2) is 0 Å². The molecular formula is C16H34S2. The third kappa shape index (κ3) is 10.6. The van der Waals surface area contributed by atoms with E-state index in [2.05, 4.69) is 56.2 Å². The molecule has 0 saturated carbocycles. The molecule has 110 valence electrons. The van der Waals surface area contributed by atoms with Gasteiger partial charge >= 0.3 is 0 Å². The summed E-state index contributed by atoms with van der Waals surface area (Å²) in [5, 5.41) is 1.58. The fourth-order valence-corrected chi connectivity index (χ4v) is 4.68. The van der Waals surface area contributed by atoms with E-state index in [0.29, 0.717) is 0 Å². The first kappa shape index (κ1) is 18.7. The van der Waals surface area contributed by atoms with Gasteiger partial charge in [0.1, 0.15) is 0 Å². The molecule has 0 amide bonds. The Morgan fingerprint density at radius 3 is 1.89 bits per heavy atom. The third-order valence-corrected chi connectivity index (χ3v) is 7.00. The molecule has 0 aromatic rings. The lowest BCUT2D eigenvalue weighted by Crippen LogP contribution is -2.13. The van der Waals surface area contributed by atoms with Gasteiger partial charge in [-0.25, -0.2) is 0 Å². The molecule has 0 aliphatic carbocycles. The van der Waals surface area contributed by atoms with Crippen molar-refractivity contribution in [1.29, 1.82) is 0 Å². The Balaban J connectivity index is 3.94. The van der Waals surface area contributed by atoms with Crippen LogP contribution in [0.3, 0.4) is 0 Å². The molecule has 0 aliphatic rings. The van der Waals surface area contributed by atoms with E-state index < -0.39 is 0 Å². The predicted octanol–water partition coefficient (Wildman–Crippen LogP) is 6.94. The Hall–Kier alpha value is 0.700. The van der Waals surface area contributed by atoms with Crippen molar-refractivity contribution in [3.05, 3.63) is 0 Å². The second-order valence-corrected chi connectivity index (χ2v) is 8.92. The second kappa shape index (κ2) is 12.7. The molecule has 2 atom stereocenters. The van der Waals surface area contributed by atoms with Gasteiger partial charge in [0.25, 0.3) is 0 Å². The highest BCUT2D eigenvalue weighted by molar-refractivity contribution is 8.77. The highest BCUT2D eigenvalue weighted by atomic mass is 33.1. The summed E-state index contributed by atoms with van der Waals surface area (Å²) in [6, 6.07) is 0. The summed E-state index contributed by atoms with van der Waals surface area (Å²) in [5.41, 5.74) is 0. The van der Waals surface area contributed by atoms with E-state index in [4.69, 9.17) is 0 Å². The first-order chi connectivity index (χ1) is 8.61. The smallest absolute Gasteiger partial charge is 0.0151 e. The average molecular weight is 291 g/mol. The van der Waals surface area contributed by atoms with Crippen molar-refractivity contribution in [3.8, 4) is 0 Å². The second-order valence-electron chi connectivity index (χ2n) is 5.70. The molecule has 0 spiro atoms. The molecular weight excluding hydrogens is 256 g/mol. The molecule has 0 bridgehead atoms. The van der Waals surface area contributed by atoms with Crippen molar-refractivity contribution in [2.75, 3.05) is 0 Å². The average Bonchev–Trinajstić information content (AvgIpc) is 2.35. The molecule has 0 heterocycles. The van der Waals surface area contributed by atoms with E-state index >= 15 is 0 Å². The van der Waals surface area contributed by atoms with Crippen LogP contribution in [0.1, 0.15) is 86.0 Å². The summed E-state index contributed by atoms with van der Waals surface area (Å²) in [4.78, 5) is 0. The number of unbranched alkanes of at least 4 members (excludes halogenated alkanes) is 4. The molecule has 0 nitrogen and oxygen atoms in total. The van der Waals surface area contributed by atoms with Gasteiger partial charge in [-0.15, -0.1) is 0 Å². The fourth-order valence-electron chi connectivity index (χ4n) is 2.19. The van der Waals surface area contributed by atoms with Crippen LogP contribution in [-0.2, 0) is 0 Å². The monoisotopic (exact) mass is 290 g/mol. The first-order valence-corrected chi connectivity index (χ1v) is 10.2. The van der Waals surface area contributed by atoms with Gasteiger partial charge in [-0.05, 0) is 18.8 Å². The maximum absolute atomic E-state index is 2.44. The van der Waals surface area contributed by atoms with Crippen molar-refractivity contribution in [2.45, 2.75) is 96.5 Å². The quantitative estimate of drug-likeness (QED) is 0.282. The largest absolute Gasteiger partial charge is 0.0910 e. The van der Waals surface area contributed by atoms with Crippen LogP contribution >= 0.6 is 21.6 Å². The zero-order valence-corrected chi connectivity index (χ0v) is 14.8. The van der Waals surface area contributed by atoms with E-state index in [9.17, 15) is 0 Å². The standard InChI is InChI=1S/C16H34S2/c1-6-8-10-11-13-16(12-9-7-2)15(5)18-17-14(3)4/h14-16H,6-13H2,1-5H3/t15-,16?/m1/s1. The van der Waals surface area contributed by atoms with E-state index in [1.165, 1.54) is 51.4 Å². The zero-order chi connectivity index (χ0) is 13.8. The molecule has 0 aromatic heterocycles. The molecule has 0 saturated heterocycles. The molecule has 0 N–H and O–H groups in total. The van der Waals surface area contributed by atoms with Crippen LogP contribution in [-0.4, -0.2) is 10.5 Å². The van der Waals surface area contributed by atoms with Crippen LogP contribution in [0.25, 0.3) is 0 Å². The molecule has 2 heteroatoms. The topological polar surface area (TPSA) is 0 Å². The Bertz CT molecular complexity index is 168. The number of hydrogen-bond acceptors (Lipinski definition) is 2. The highest BCUT2D eigenvalue weighted by Gasteiger charge is 2.17. The van der Waals surface area contributed by atoms with Crippen LogP contribution in [0.5, 0.6) is 0 Å². The highest BCUT2D eigenvalue weighted by Crippen LogP contribution is 2.37. The van der Waals surface area contributed by atoms with Gasteiger partial charge in [-0.3, -0.25) is 0 Å². The minimum Gasteiger partial charge on any atom is -0.0910 e. The lowest BCUT2D eigenvalue weighted by Gasteiger charge is -2.23. The molecule has 0 aromatic carbocycles. The molecule has 0 radical (unpaired) electrons. The minimum atomic E-state index is 0.754. The van der Waals surface area contributed by atoms with E-state index in [1.54, 1.807) is 0 Å². The Morgan fingerprint density at radius 1 is 0.722 bits per heavy atom. The summed E-state index contributed by atoms with van der Waals surface area (Å²) < 4.78 is 0. The number of rotatable bonds is 12. The van der Waals surface area contributed by atoms with Crippen LogP contribution in [0, 0.1) is 5.92 Å². The van der Waals surface area contributed by atoms with E-state index in [0.717, 1.165) is 16.4 Å². The molecule has 0 rings (SSSR count). The summed E-state index contributed by atoms with van der Waals surface area (Å²) in [5.74, 6) is 0.943. The molecule has 18 heavy (non-hydrogen) atoms. The fraction of sp³-hybridized carbons (Fsp3) is 1.00. The first-order valence-electron chi connectivity index (χ1n) is 7.93. The van der Waals surface area contributed by atoms with Gasteiger partial charge in [0.05, 0.1) is 0 Å². The van der Waals surface area contributed by atoms with Gasteiger partial charge in [0.2, 0.25) is 0 Å². The van der Waals surface area contributed by atoms with Crippen molar-refractivity contribution < 1.29 is 0 Å². The Labute approximate surface area is 124 Å². The Morgan fingerprint density at radius 2 is 1.33 bits per heavy atom. The normalized spacial score (nSPS) is 15.0. The molecule has 0 fully saturated rings. The van der Waals surface area contributed by atoms with Crippen molar-refractivity contribution in [2.24, 2.45) is 5.92 Å². The van der Waals surface area contributed by atoms with E-state index in [-0.39, 0.29) is 0 Å². The Kier molecular flexibility index (Phi) is 13.2. The zero-order valence-electron chi connectivity index (χ0n) is 13.2. The van der Waals surface area contributed by atoms with Gasteiger partial charge in [0.15, 0.2) is 0 Å². The summed E-state index contributed by atoms with van der Waals surface area (Å²) in [6.45, 7) is 11.7. The number of hydrogen-bond donors (Lipinski definition) is 0. The van der Waals surface area contributed by atoms with Gasteiger partial charge in [0, 0.05) is 10.5 Å². The van der Waals surface area contributed by atoms with Gasteiger partial charge in [-0.1, -0.05) is 94.7 Å². The predicted molar refractivity (Wildman–Crippen MR) is 91.6 cm³/mol. The van der Waals surface area contributed by atoms with Gasteiger partial charge < -0.3 is 0 Å². The summed E-state index contributed by atoms with van der Waals surface area (Å²) >= 11 is 0. The third-order valence-electron chi connectivity index (χ3n) is 3.42. The lowest BCUT2D eigenvalue weighted by atomic mass is 9.92. The van der Waals surface area contributed by atoms with E-state index in [1.807, 2.05) is 0 Å². The molecule has 1 unspecified atom stereocenters. The van der Waals surface area contributed by atoms with Crippen molar-refractivity contribution in [1.82, 2.24) is 0 Å². The van der Waals surface area contributed by atoms with Crippen LogP contribution in [0.2, 0.25) is 0 Å². The van der Waals surface area contributed by atoms with Crippen LogP contribution in [0.4, 0.5) is 0 Å². The van der Waals surface area contributed by atoms with Crippen molar-refractivity contribution in [3.63, 3.8) is 0 Å². The maximum Gasteiger partial charge on any atom is 0.0151 e. The minimum absolute atomic E-state index is 0.754. The van der Waals surface area contributed by atoms with Gasteiger partial charge in [-0.2, -0.15) is 0 Å². The lowest BCUT2D eigenvalue weighted by molar-refractivity contribution is 0.411. The maximum atomic E-state index is 2.44. The SMILES string of the molecule is CCCCCCC(CCCC)[C@@H](C)SSC(C)C. The van der Waals surface area contributed by atoms with Crippen molar-refractivity contribution >= 4 is 21.6 Å². The summed E-state index contributed by atoms with van der Waals surface area (Å²) in [6.07, 6.45) is 11.3. The summed E-state index contributed by atoms with van der Waals surface area (Å²) in [7, 11) is 4.19. The molecule has 0 aliphatic heterocycles.